The fraction of sp³-hybridized carbons (Fsp3) is 0.538. The van der Waals surface area contributed by atoms with Crippen molar-refractivity contribution in [3.05, 3.63) is 35.9 Å². The van der Waals surface area contributed by atoms with Crippen molar-refractivity contribution in [3.63, 3.8) is 0 Å². The minimum atomic E-state index is 0.747. The highest BCUT2D eigenvalue weighted by Gasteiger charge is 2.29. The zero-order valence-electron chi connectivity index (χ0n) is 8.93. The van der Waals surface area contributed by atoms with Gasteiger partial charge in [-0.1, -0.05) is 30.3 Å². The lowest BCUT2D eigenvalue weighted by molar-refractivity contribution is 0.0313. The highest BCUT2D eigenvalue weighted by molar-refractivity contribution is 7.80. The van der Waals surface area contributed by atoms with Gasteiger partial charge in [-0.05, 0) is 36.0 Å². The van der Waals surface area contributed by atoms with Crippen LogP contribution in [0.2, 0.25) is 0 Å². The van der Waals surface area contributed by atoms with Gasteiger partial charge < -0.3 is 4.74 Å². The molecule has 1 aromatic rings. The first-order chi connectivity index (χ1) is 7.40. The van der Waals surface area contributed by atoms with Crippen LogP contribution in [0.25, 0.3) is 0 Å². The van der Waals surface area contributed by atoms with Crippen molar-refractivity contribution in [3.8, 4) is 0 Å². The summed E-state index contributed by atoms with van der Waals surface area (Å²) < 4.78 is 5.72. The summed E-state index contributed by atoms with van der Waals surface area (Å²) in [5.74, 6) is 2.56. The molecule has 0 N–H and O–H groups in total. The molecule has 15 heavy (non-hydrogen) atoms. The molecule has 82 valence electrons. The van der Waals surface area contributed by atoms with Crippen LogP contribution < -0.4 is 0 Å². The lowest BCUT2D eigenvalue weighted by atomic mass is 9.75. The van der Waals surface area contributed by atoms with E-state index >= 15 is 0 Å². The van der Waals surface area contributed by atoms with Gasteiger partial charge in [0.2, 0.25) is 0 Å². The quantitative estimate of drug-likeness (QED) is 0.753. The van der Waals surface area contributed by atoms with Crippen LogP contribution in [0.5, 0.6) is 0 Å². The first-order valence-corrected chi connectivity index (χ1v) is 6.26. The maximum Gasteiger partial charge on any atom is 0.0717 e. The molecular formula is C13H18OS. The fourth-order valence-corrected chi connectivity index (χ4v) is 2.48. The van der Waals surface area contributed by atoms with E-state index in [0.717, 1.165) is 30.8 Å². The molecule has 0 aromatic heterocycles. The molecule has 0 radical (unpaired) electrons. The van der Waals surface area contributed by atoms with Crippen LogP contribution >= 0.6 is 12.6 Å². The molecule has 2 atom stereocenters. The van der Waals surface area contributed by atoms with Gasteiger partial charge in [-0.3, -0.25) is 0 Å². The highest BCUT2D eigenvalue weighted by atomic mass is 32.1. The Labute approximate surface area is 97.2 Å². The molecule has 1 fully saturated rings. The first kappa shape index (κ1) is 11.0. The van der Waals surface area contributed by atoms with Gasteiger partial charge in [-0.2, -0.15) is 12.6 Å². The molecule has 1 aliphatic carbocycles. The number of ether oxygens (including phenoxy) is 1. The molecule has 0 aliphatic heterocycles. The molecule has 0 spiro atoms. The number of hydrogen-bond acceptors (Lipinski definition) is 2. The molecule has 0 amide bonds. The molecule has 2 unspecified atom stereocenters. The highest BCUT2D eigenvalue weighted by Crippen LogP contribution is 2.35. The summed E-state index contributed by atoms with van der Waals surface area (Å²) in [5.41, 5.74) is 1.26. The predicted octanol–water partition coefficient (Wildman–Crippen LogP) is 3.16. The Morgan fingerprint density at radius 3 is 2.47 bits per heavy atom. The summed E-state index contributed by atoms with van der Waals surface area (Å²) in [6.45, 7) is 1.65. The average molecular weight is 222 g/mol. The van der Waals surface area contributed by atoms with Gasteiger partial charge in [-0.25, -0.2) is 0 Å². The minimum Gasteiger partial charge on any atom is -0.376 e. The van der Waals surface area contributed by atoms with E-state index in [1.165, 1.54) is 18.4 Å². The van der Waals surface area contributed by atoms with E-state index in [-0.39, 0.29) is 0 Å². The van der Waals surface area contributed by atoms with E-state index in [1.54, 1.807) is 0 Å². The summed E-state index contributed by atoms with van der Waals surface area (Å²) in [5, 5.41) is 0. The Morgan fingerprint density at radius 2 is 1.87 bits per heavy atom. The second-order valence-corrected chi connectivity index (χ2v) is 4.65. The van der Waals surface area contributed by atoms with Crippen LogP contribution in [0.4, 0.5) is 0 Å². The van der Waals surface area contributed by atoms with Crippen molar-refractivity contribution in [1.82, 2.24) is 0 Å². The van der Waals surface area contributed by atoms with E-state index in [1.807, 2.05) is 6.07 Å². The normalized spacial score (nSPS) is 24.9. The van der Waals surface area contributed by atoms with Crippen molar-refractivity contribution in [2.75, 3.05) is 12.4 Å². The van der Waals surface area contributed by atoms with Crippen LogP contribution in [0.3, 0.4) is 0 Å². The van der Waals surface area contributed by atoms with E-state index in [9.17, 15) is 0 Å². The third-order valence-electron chi connectivity index (χ3n) is 3.25. The lowest BCUT2D eigenvalue weighted by Crippen LogP contribution is -2.31. The Balaban J connectivity index is 1.67. The summed E-state index contributed by atoms with van der Waals surface area (Å²) in [6.07, 6.45) is 2.66. The zero-order valence-corrected chi connectivity index (χ0v) is 9.83. The Hall–Kier alpha value is -0.470. The van der Waals surface area contributed by atoms with Crippen molar-refractivity contribution < 1.29 is 4.74 Å². The maximum absolute atomic E-state index is 5.72. The van der Waals surface area contributed by atoms with Crippen LogP contribution in [0, 0.1) is 11.8 Å². The molecular weight excluding hydrogens is 204 g/mol. The van der Waals surface area contributed by atoms with Crippen molar-refractivity contribution >= 4 is 12.6 Å². The van der Waals surface area contributed by atoms with E-state index < -0.39 is 0 Å². The second kappa shape index (κ2) is 5.57. The number of rotatable bonds is 5. The molecule has 1 aliphatic rings. The van der Waals surface area contributed by atoms with Crippen LogP contribution in [-0.4, -0.2) is 12.4 Å². The Kier molecular flexibility index (Phi) is 4.09. The second-order valence-electron chi connectivity index (χ2n) is 4.28. The molecule has 0 saturated heterocycles. The van der Waals surface area contributed by atoms with Gasteiger partial charge in [0.1, 0.15) is 0 Å². The predicted molar refractivity (Wildman–Crippen MR) is 66.2 cm³/mol. The molecule has 0 bridgehead atoms. The lowest BCUT2D eigenvalue weighted by Gasteiger charge is -2.35. The van der Waals surface area contributed by atoms with Gasteiger partial charge in [-0.15, -0.1) is 0 Å². The molecule has 0 heterocycles. The zero-order chi connectivity index (χ0) is 10.5. The van der Waals surface area contributed by atoms with Crippen LogP contribution in [-0.2, 0) is 11.3 Å². The van der Waals surface area contributed by atoms with Crippen LogP contribution in [0.15, 0.2) is 30.3 Å². The Morgan fingerprint density at radius 1 is 1.13 bits per heavy atom. The minimum absolute atomic E-state index is 0.747. The summed E-state index contributed by atoms with van der Waals surface area (Å²) in [6, 6.07) is 10.4. The topological polar surface area (TPSA) is 9.23 Å². The smallest absolute Gasteiger partial charge is 0.0717 e. The van der Waals surface area contributed by atoms with E-state index in [4.69, 9.17) is 4.74 Å². The van der Waals surface area contributed by atoms with Crippen molar-refractivity contribution in [2.24, 2.45) is 11.8 Å². The van der Waals surface area contributed by atoms with Gasteiger partial charge in [0.05, 0.1) is 13.2 Å². The number of benzene rings is 1. The van der Waals surface area contributed by atoms with Gasteiger partial charge in [0.15, 0.2) is 0 Å². The number of hydrogen-bond donors (Lipinski definition) is 1. The molecule has 1 aromatic carbocycles. The van der Waals surface area contributed by atoms with E-state index in [0.29, 0.717) is 0 Å². The van der Waals surface area contributed by atoms with Gasteiger partial charge in [0.25, 0.3) is 0 Å². The third-order valence-corrected chi connectivity index (χ3v) is 3.72. The summed E-state index contributed by atoms with van der Waals surface area (Å²) in [4.78, 5) is 0. The average Bonchev–Trinajstić information content (AvgIpc) is 2.25. The maximum atomic E-state index is 5.72. The van der Waals surface area contributed by atoms with Crippen molar-refractivity contribution in [1.29, 1.82) is 0 Å². The largest absolute Gasteiger partial charge is 0.376 e. The van der Waals surface area contributed by atoms with Gasteiger partial charge in [0, 0.05) is 0 Å². The van der Waals surface area contributed by atoms with Crippen molar-refractivity contribution in [2.45, 2.75) is 19.4 Å². The first-order valence-electron chi connectivity index (χ1n) is 5.62. The summed E-state index contributed by atoms with van der Waals surface area (Å²) in [7, 11) is 0. The van der Waals surface area contributed by atoms with Gasteiger partial charge >= 0.3 is 0 Å². The monoisotopic (exact) mass is 222 g/mol. The van der Waals surface area contributed by atoms with Crippen LogP contribution in [0.1, 0.15) is 18.4 Å². The summed E-state index contributed by atoms with van der Waals surface area (Å²) >= 11 is 4.34. The number of thiol groups is 1. The fourth-order valence-electron chi connectivity index (χ4n) is 2.00. The SMILES string of the molecule is SCC1CCC1COCc1ccccc1. The Bertz CT molecular complexity index is 284. The van der Waals surface area contributed by atoms with E-state index in [2.05, 4.69) is 36.9 Å². The third kappa shape index (κ3) is 2.99. The molecule has 2 rings (SSSR count). The molecule has 2 heteroatoms. The molecule has 1 nitrogen and oxygen atoms in total. The standard InChI is InChI=1S/C13H18OS/c15-10-13-7-6-12(13)9-14-8-11-4-2-1-3-5-11/h1-5,12-13,15H,6-10H2. The molecule has 1 saturated carbocycles.